The Balaban J connectivity index is 1.54. The topological polar surface area (TPSA) is 114 Å². The molecule has 2 amide bonds. The summed E-state index contributed by atoms with van der Waals surface area (Å²) in [5, 5.41) is 16.1. The van der Waals surface area contributed by atoms with Crippen molar-refractivity contribution in [1.82, 2.24) is 20.0 Å². The van der Waals surface area contributed by atoms with Gasteiger partial charge >= 0.3 is 5.97 Å². The molecule has 142 valence electrons. The molecule has 2 heterocycles. The van der Waals surface area contributed by atoms with E-state index < -0.39 is 12.1 Å². The van der Waals surface area contributed by atoms with Crippen molar-refractivity contribution in [2.24, 2.45) is 0 Å². The van der Waals surface area contributed by atoms with Gasteiger partial charge in [-0.1, -0.05) is 19.3 Å². The maximum Gasteiger partial charge on any atom is 0.334 e. The smallest absolute Gasteiger partial charge is 0.334 e. The first-order chi connectivity index (χ1) is 12.5. The zero-order chi connectivity index (χ0) is 18.5. The second-order valence-corrected chi connectivity index (χ2v) is 6.78. The Morgan fingerprint density at radius 3 is 2.77 bits per heavy atom. The van der Waals surface area contributed by atoms with Crippen molar-refractivity contribution in [3.63, 3.8) is 0 Å². The van der Waals surface area contributed by atoms with E-state index in [1.165, 1.54) is 28.4 Å². The highest BCUT2D eigenvalue weighted by molar-refractivity contribution is 5.94. The molecule has 1 aliphatic carbocycles. The number of carboxylic acids is 1. The van der Waals surface area contributed by atoms with Crippen LogP contribution in [0.5, 0.6) is 0 Å². The van der Waals surface area contributed by atoms with Gasteiger partial charge in [0.1, 0.15) is 6.54 Å². The number of nitrogens with zero attached hydrogens (tertiary/aromatic N) is 3. The number of carbonyl (C=O) groups excluding carboxylic acids is 2. The van der Waals surface area contributed by atoms with Gasteiger partial charge in [0, 0.05) is 18.8 Å². The quantitative estimate of drug-likeness (QED) is 0.775. The molecule has 0 radical (unpaired) electrons. The Morgan fingerprint density at radius 1 is 1.27 bits per heavy atom. The molecule has 26 heavy (non-hydrogen) atoms. The summed E-state index contributed by atoms with van der Waals surface area (Å²) in [6, 6.07) is 0.231. The Hall–Kier alpha value is -2.42. The Morgan fingerprint density at radius 2 is 2.04 bits per heavy atom. The lowest BCUT2D eigenvalue weighted by Crippen LogP contribution is -2.48. The highest BCUT2D eigenvalue weighted by Gasteiger charge is 2.30. The summed E-state index contributed by atoms with van der Waals surface area (Å²) in [6.07, 6.45) is 7.44. The van der Waals surface area contributed by atoms with E-state index in [-0.39, 0.29) is 37.6 Å². The molecule has 2 N–H and O–H groups in total. The number of carboxylic acid groups (broad SMARTS) is 1. The van der Waals surface area contributed by atoms with E-state index in [0.29, 0.717) is 12.1 Å². The largest absolute Gasteiger partial charge is 0.479 e. The minimum atomic E-state index is -1.09. The molecule has 1 aromatic heterocycles. The molecular weight excluding hydrogens is 340 g/mol. The van der Waals surface area contributed by atoms with Crippen LogP contribution in [0.2, 0.25) is 0 Å². The number of aliphatic carboxylic acids is 1. The molecule has 1 saturated carbocycles. The number of amides is 2. The number of rotatable bonds is 5. The monoisotopic (exact) mass is 364 g/mol. The molecule has 1 atom stereocenters. The Bertz CT molecular complexity index is 668. The SMILES string of the molecule is O=C(Cn1cc(C(=O)N2CCOC(C(=O)O)C2)cn1)NC1CCCCC1. The van der Waals surface area contributed by atoms with Gasteiger partial charge in [0.2, 0.25) is 5.91 Å². The summed E-state index contributed by atoms with van der Waals surface area (Å²) >= 11 is 0. The fourth-order valence-electron chi connectivity index (χ4n) is 3.39. The number of aromatic nitrogens is 2. The zero-order valence-electron chi connectivity index (χ0n) is 14.6. The third kappa shape index (κ3) is 4.60. The summed E-state index contributed by atoms with van der Waals surface area (Å²) < 4.78 is 6.55. The molecule has 9 heteroatoms. The summed E-state index contributed by atoms with van der Waals surface area (Å²) in [6.45, 7) is 0.572. The van der Waals surface area contributed by atoms with Crippen molar-refractivity contribution in [3.05, 3.63) is 18.0 Å². The van der Waals surface area contributed by atoms with Gasteiger partial charge in [-0.05, 0) is 12.8 Å². The number of morpholine rings is 1. The van der Waals surface area contributed by atoms with Crippen LogP contribution in [0.3, 0.4) is 0 Å². The van der Waals surface area contributed by atoms with Gasteiger partial charge < -0.3 is 20.1 Å². The van der Waals surface area contributed by atoms with Gasteiger partial charge in [-0.25, -0.2) is 4.79 Å². The fourth-order valence-corrected chi connectivity index (χ4v) is 3.39. The normalized spacial score (nSPS) is 21.4. The van der Waals surface area contributed by atoms with E-state index >= 15 is 0 Å². The third-order valence-corrected chi connectivity index (χ3v) is 4.79. The molecule has 1 aromatic rings. The summed E-state index contributed by atoms with van der Waals surface area (Å²) in [7, 11) is 0. The van der Waals surface area contributed by atoms with Gasteiger partial charge in [0.05, 0.1) is 24.9 Å². The van der Waals surface area contributed by atoms with E-state index in [2.05, 4.69) is 10.4 Å². The van der Waals surface area contributed by atoms with Crippen LogP contribution in [0, 0.1) is 0 Å². The van der Waals surface area contributed by atoms with Gasteiger partial charge in [-0.2, -0.15) is 5.10 Å². The van der Waals surface area contributed by atoms with Crippen LogP contribution in [-0.4, -0.2) is 69.4 Å². The molecule has 0 spiro atoms. The standard InChI is InChI=1S/C17H24N4O5/c22-15(19-13-4-2-1-3-5-13)11-21-9-12(8-18-21)16(23)20-6-7-26-14(10-20)17(24)25/h8-9,13-14H,1-7,10-11H2,(H,19,22)(H,24,25). The van der Waals surface area contributed by atoms with Crippen LogP contribution in [-0.2, 0) is 20.9 Å². The molecule has 1 unspecified atom stereocenters. The van der Waals surface area contributed by atoms with E-state index in [1.54, 1.807) is 0 Å². The van der Waals surface area contributed by atoms with Crippen molar-refractivity contribution < 1.29 is 24.2 Å². The highest BCUT2D eigenvalue weighted by atomic mass is 16.5. The van der Waals surface area contributed by atoms with Gasteiger partial charge in [0.15, 0.2) is 6.10 Å². The van der Waals surface area contributed by atoms with Crippen molar-refractivity contribution in [3.8, 4) is 0 Å². The molecule has 1 saturated heterocycles. The second kappa shape index (κ2) is 8.31. The average Bonchev–Trinajstić information content (AvgIpc) is 3.10. The van der Waals surface area contributed by atoms with Crippen LogP contribution < -0.4 is 5.32 Å². The molecule has 3 rings (SSSR count). The first kappa shape index (κ1) is 18.4. The number of nitrogens with one attached hydrogen (secondary N) is 1. The molecule has 2 fully saturated rings. The van der Waals surface area contributed by atoms with E-state index in [0.717, 1.165) is 25.7 Å². The predicted octanol–water partition coefficient (Wildman–Crippen LogP) is 0.258. The van der Waals surface area contributed by atoms with Crippen molar-refractivity contribution in [2.45, 2.75) is 50.8 Å². The zero-order valence-corrected chi connectivity index (χ0v) is 14.6. The lowest BCUT2D eigenvalue weighted by molar-refractivity contribution is -0.154. The molecule has 0 bridgehead atoms. The lowest BCUT2D eigenvalue weighted by Gasteiger charge is -2.30. The molecule has 2 aliphatic rings. The minimum absolute atomic E-state index is 0.00150. The Labute approximate surface area is 151 Å². The van der Waals surface area contributed by atoms with Gasteiger partial charge in [-0.3, -0.25) is 14.3 Å². The number of hydrogen-bond acceptors (Lipinski definition) is 5. The first-order valence-corrected chi connectivity index (χ1v) is 8.98. The molecular formula is C17H24N4O5. The minimum Gasteiger partial charge on any atom is -0.479 e. The van der Waals surface area contributed by atoms with E-state index in [1.807, 2.05) is 0 Å². The second-order valence-electron chi connectivity index (χ2n) is 6.78. The number of hydrogen-bond donors (Lipinski definition) is 2. The molecule has 1 aliphatic heterocycles. The summed E-state index contributed by atoms with van der Waals surface area (Å²) in [4.78, 5) is 37.1. The molecule has 0 aromatic carbocycles. The van der Waals surface area contributed by atoms with Gasteiger partial charge in [-0.15, -0.1) is 0 Å². The fraction of sp³-hybridized carbons (Fsp3) is 0.647. The van der Waals surface area contributed by atoms with Crippen molar-refractivity contribution in [2.75, 3.05) is 19.7 Å². The van der Waals surface area contributed by atoms with Crippen LogP contribution in [0.15, 0.2) is 12.4 Å². The van der Waals surface area contributed by atoms with Crippen molar-refractivity contribution >= 4 is 17.8 Å². The lowest BCUT2D eigenvalue weighted by atomic mass is 9.95. The van der Waals surface area contributed by atoms with Crippen molar-refractivity contribution in [1.29, 1.82) is 0 Å². The Kier molecular flexibility index (Phi) is 5.87. The summed E-state index contributed by atoms with van der Waals surface area (Å²) in [5.74, 6) is -1.51. The summed E-state index contributed by atoms with van der Waals surface area (Å²) in [5.41, 5.74) is 0.335. The van der Waals surface area contributed by atoms with Crippen LogP contribution in [0.4, 0.5) is 0 Å². The number of carbonyl (C=O) groups is 3. The van der Waals surface area contributed by atoms with E-state index in [9.17, 15) is 14.4 Å². The van der Waals surface area contributed by atoms with E-state index in [4.69, 9.17) is 9.84 Å². The van der Waals surface area contributed by atoms with Crippen LogP contribution >= 0.6 is 0 Å². The van der Waals surface area contributed by atoms with Gasteiger partial charge in [0.25, 0.3) is 5.91 Å². The average molecular weight is 364 g/mol. The maximum absolute atomic E-state index is 12.5. The first-order valence-electron chi connectivity index (χ1n) is 8.98. The van der Waals surface area contributed by atoms with Crippen LogP contribution in [0.25, 0.3) is 0 Å². The third-order valence-electron chi connectivity index (χ3n) is 4.79. The highest BCUT2D eigenvalue weighted by Crippen LogP contribution is 2.17. The van der Waals surface area contributed by atoms with Crippen LogP contribution in [0.1, 0.15) is 42.5 Å². The number of ether oxygens (including phenoxy) is 1. The maximum atomic E-state index is 12.5. The predicted molar refractivity (Wildman–Crippen MR) is 90.5 cm³/mol. The molecule has 9 nitrogen and oxygen atoms in total.